The molecule has 3 heterocycles. The normalized spacial score (nSPS) is 15.7. The smallest absolute Gasteiger partial charge is 0.268 e. The van der Waals surface area contributed by atoms with Crippen LogP contribution in [0.4, 0.5) is 11.5 Å². The number of aliphatic imine (C=N–C) groups is 1. The summed E-state index contributed by atoms with van der Waals surface area (Å²) < 4.78 is 1.62. The van der Waals surface area contributed by atoms with Gasteiger partial charge in [-0.05, 0) is 49.4 Å². The van der Waals surface area contributed by atoms with E-state index < -0.39 is 0 Å². The number of para-hydroxylation sites is 1. The van der Waals surface area contributed by atoms with Gasteiger partial charge in [-0.3, -0.25) is 14.2 Å². The van der Waals surface area contributed by atoms with Crippen LogP contribution in [-0.2, 0) is 0 Å². The number of nitrogens with zero attached hydrogens (tertiary/aromatic N) is 4. The molecule has 0 bridgehead atoms. The highest BCUT2D eigenvalue weighted by Crippen LogP contribution is 2.24. The van der Waals surface area contributed by atoms with Crippen LogP contribution in [-0.4, -0.2) is 28.7 Å². The molecule has 4 rings (SSSR count). The van der Waals surface area contributed by atoms with Gasteiger partial charge in [0, 0.05) is 25.5 Å². The van der Waals surface area contributed by atoms with Gasteiger partial charge in [0.1, 0.15) is 17.0 Å². The van der Waals surface area contributed by atoms with Crippen LogP contribution < -0.4 is 10.5 Å². The van der Waals surface area contributed by atoms with Crippen LogP contribution in [0.1, 0.15) is 30.9 Å². The first-order valence-electron chi connectivity index (χ1n) is 9.49. The quantitative estimate of drug-likeness (QED) is 0.664. The van der Waals surface area contributed by atoms with Gasteiger partial charge in [0.05, 0.1) is 5.69 Å². The molecule has 0 N–H and O–H groups in total. The van der Waals surface area contributed by atoms with Crippen molar-refractivity contribution in [2.75, 3.05) is 18.0 Å². The molecule has 0 amide bonds. The lowest BCUT2D eigenvalue weighted by atomic mass is 9.99. The predicted molar refractivity (Wildman–Crippen MR) is 111 cm³/mol. The van der Waals surface area contributed by atoms with Gasteiger partial charge < -0.3 is 4.90 Å². The molecule has 0 radical (unpaired) electrons. The number of aromatic nitrogens is 2. The summed E-state index contributed by atoms with van der Waals surface area (Å²) in [6.07, 6.45) is 5.68. The molecule has 1 aliphatic rings. The molecule has 2 aromatic heterocycles. The van der Waals surface area contributed by atoms with Gasteiger partial charge in [0.2, 0.25) is 0 Å². The van der Waals surface area contributed by atoms with Crippen LogP contribution in [0.15, 0.2) is 58.4 Å². The molecule has 138 valence electrons. The zero-order chi connectivity index (χ0) is 18.8. The number of anilines is 1. The standard InChI is InChI=1S/C22H24N4O/c1-16-10-13-25(14-11-16)21-19(15-23-18-8-4-3-5-9-18)22(27)26-12-6-7-17(2)20(26)24-21/h3-9,12,15-16H,10-11,13-14H2,1-2H3. The van der Waals surface area contributed by atoms with E-state index in [9.17, 15) is 4.79 Å². The van der Waals surface area contributed by atoms with E-state index in [0.717, 1.165) is 43.0 Å². The van der Waals surface area contributed by atoms with Crippen molar-refractivity contribution in [3.05, 3.63) is 70.1 Å². The second kappa shape index (κ2) is 7.35. The Morgan fingerprint density at radius 1 is 1.11 bits per heavy atom. The van der Waals surface area contributed by atoms with Crippen LogP contribution >= 0.6 is 0 Å². The summed E-state index contributed by atoms with van der Waals surface area (Å²) in [5, 5.41) is 0. The average Bonchev–Trinajstić information content (AvgIpc) is 2.69. The molecule has 5 heteroatoms. The van der Waals surface area contributed by atoms with Gasteiger partial charge in [0.25, 0.3) is 5.56 Å². The average molecular weight is 360 g/mol. The SMILES string of the molecule is Cc1cccn2c(=O)c(C=Nc3ccccc3)c(N3CCC(C)CC3)nc12. The van der Waals surface area contributed by atoms with Crippen molar-refractivity contribution in [1.82, 2.24) is 9.38 Å². The minimum atomic E-state index is -0.0722. The monoisotopic (exact) mass is 360 g/mol. The van der Waals surface area contributed by atoms with E-state index in [0.29, 0.717) is 17.1 Å². The van der Waals surface area contributed by atoms with E-state index in [1.165, 1.54) is 0 Å². The minimum Gasteiger partial charge on any atom is -0.356 e. The largest absolute Gasteiger partial charge is 0.356 e. The fraction of sp³-hybridized carbons (Fsp3) is 0.318. The molecule has 1 saturated heterocycles. The molecule has 0 saturated carbocycles. The Morgan fingerprint density at radius 2 is 1.85 bits per heavy atom. The van der Waals surface area contributed by atoms with Crippen molar-refractivity contribution in [3.63, 3.8) is 0 Å². The number of hydrogen-bond acceptors (Lipinski definition) is 4. The Balaban J connectivity index is 1.86. The lowest BCUT2D eigenvalue weighted by Crippen LogP contribution is -2.36. The molecule has 0 atom stereocenters. The summed E-state index contributed by atoms with van der Waals surface area (Å²) in [6.45, 7) is 6.10. The van der Waals surface area contributed by atoms with Gasteiger partial charge in [-0.25, -0.2) is 4.98 Å². The van der Waals surface area contributed by atoms with E-state index in [2.05, 4.69) is 16.8 Å². The summed E-state index contributed by atoms with van der Waals surface area (Å²) in [7, 11) is 0. The number of piperidine rings is 1. The van der Waals surface area contributed by atoms with Crippen molar-refractivity contribution < 1.29 is 0 Å². The number of benzene rings is 1. The topological polar surface area (TPSA) is 50.0 Å². The summed E-state index contributed by atoms with van der Waals surface area (Å²) in [5.41, 5.74) is 3.01. The lowest BCUT2D eigenvalue weighted by Gasteiger charge is -2.32. The number of pyridine rings is 1. The van der Waals surface area contributed by atoms with E-state index in [1.807, 2.05) is 49.4 Å². The van der Waals surface area contributed by atoms with E-state index in [1.54, 1.807) is 16.8 Å². The Kier molecular flexibility index (Phi) is 4.75. The predicted octanol–water partition coefficient (Wildman–Crippen LogP) is 3.99. The molecule has 3 aromatic rings. The van der Waals surface area contributed by atoms with Gasteiger partial charge in [-0.15, -0.1) is 0 Å². The summed E-state index contributed by atoms with van der Waals surface area (Å²) in [4.78, 5) is 24.9. The lowest BCUT2D eigenvalue weighted by molar-refractivity contribution is 0.436. The van der Waals surface area contributed by atoms with Crippen molar-refractivity contribution in [1.29, 1.82) is 0 Å². The molecular weight excluding hydrogens is 336 g/mol. The van der Waals surface area contributed by atoms with Crippen molar-refractivity contribution in [3.8, 4) is 0 Å². The molecule has 1 aliphatic heterocycles. The van der Waals surface area contributed by atoms with E-state index in [4.69, 9.17) is 4.98 Å². The molecule has 1 fully saturated rings. The third-order valence-electron chi connectivity index (χ3n) is 5.25. The van der Waals surface area contributed by atoms with E-state index >= 15 is 0 Å². The molecule has 5 nitrogen and oxygen atoms in total. The number of aryl methyl sites for hydroxylation is 1. The van der Waals surface area contributed by atoms with Crippen molar-refractivity contribution in [2.45, 2.75) is 26.7 Å². The number of hydrogen-bond donors (Lipinski definition) is 0. The van der Waals surface area contributed by atoms with Crippen LogP contribution in [0, 0.1) is 12.8 Å². The Hall–Kier alpha value is -2.95. The van der Waals surface area contributed by atoms with Gasteiger partial charge in [-0.1, -0.05) is 31.2 Å². The van der Waals surface area contributed by atoms with Crippen LogP contribution in [0.25, 0.3) is 5.65 Å². The summed E-state index contributed by atoms with van der Waals surface area (Å²) >= 11 is 0. The first-order chi connectivity index (χ1) is 13.1. The maximum atomic E-state index is 13.2. The number of fused-ring (bicyclic) bond motifs is 1. The highest BCUT2D eigenvalue weighted by Gasteiger charge is 2.22. The summed E-state index contributed by atoms with van der Waals surface area (Å²) in [5.74, 6) is 1.46. The van der Waals surface area contributed by atoms with Gasteiger partial charge in [-0.2, -0.15) is 0 Å². The zero-order valence-electron chi connectivity index (χ0n) is 15.8. The molecule has 27 heavy (non-hydrogen) atoms. The van der Waals surface area contributed by atoms with Crippen LogP contribution in [0.5, 0.6) is 0 Å². The third-order valence-corrected chi connectivity index (χ3v) is 5.25. The highest BCUT2D eigenvalue weighted by molar-refractivity contribution is 5.88. The van der Waals surface area contributed by atoms with Gasteiger partial charge >= 0.3 is 0 Å². The second-order valence-corrected chi connectivity index (χ2v) is 7.30. The zero-order valence-corrected chi connectivity index (χ0v) is 15.8. The molecule has 0 aliphatic carbocycles. The Bertz CT molecular complexity index is 1030. The summed E-state index contributed by atoms with van der Waals surface area (Å²) in [6, 6.07) is 13.6. The van der Waals surface area contributed by atoms with E-state index in [-0.39, 0.29) is 5.56 Å². The maximum absolute atomic E-state index is 13.2. The fourth-order valence-electron chi connectivity index (χ4n) is 3.53. The Morgan fingerprint density at radius 3 is 2.59 bits per heavy atom. The second-order valence-electron chi connectivity index (χ2n) is 7.30. The third kappa shape index (κ3) is 3.50. The first-order valence-corrected chi connectivity index (χ1v) is 9.49. The molecular formula is C22H24N4O. The first kappa shape index (κ1) is 17.5. The Labute approximate surface area is 159 Å². The molecule has 0 spiro atoms. The molecule has 1 aromatic carbocycles. The highest BCUT2D eigenvalue weighted by atomic mass is 16.1. The fourth-order valence-corrected chi connectivity index (χ4v) is 3.53. The van der Waals surface area contributed by atoms with Crippen LogP contribution in [0.3, 0.4) is 0 Å². The van der Waals surface area contributed by atoms with Crippen LogP contribution in [0.2, 0.25) is 0 Å². The molecule has 0 unspecified atom stereocenters. The minimum absolute atomic E-state index is 0.0722. The number of rotatable bonds is 3. The van der Waals surface area contributed by atoms with Crippen molar-refractivity contribution in [2.24, 2.45) is 10.9 Å². The van der Waals surface area contributed by atoms with Crippen molar-refractivity contribution >= 4 is 23.4 Å². The van der Waals surface area contributed by atoms with Gasteiger partial charge in [0.15, 0.2) is 0 Å². The maximum Gasteiger partial charge on any atom is 0.268 e.